The summed E-state index contributed by atoms with van der Waals surface area (Å²) in [6, 6.07) is 25.8. The van der Waals surface area contributed by atoms with E-state index in [4.69, 9.17) is 12.2 Å². The molecule has 4 aromatic carbocycles. The Bertz CT molecular complexity index is 2380. The van der Waals surface area contributed by atoms with Crippen molar-refractivity contribution in [3.05, 3.63) is 107 Å². The van der Waals surface area contributed by atoms with Gasteiger partial charge in [-0.05, 0) is 72.0 Å². The molecule has 9 rings (SSSR count). The zero-order valence-electron chi connectivity index (χ0n) is 27.5. The molecule has 2 saturated carbocycles. The first-order chi connectivity index (χ1) is 23.3. The van der Waals surface area contributed by atoms with Gasteiger partial charge in [-0.15, -0.1) is 0 Å². The average Bonchev–Trinajstić information content (AvgIpc) is 3.52. The van der Waals surface area contributed by atoms with Crippen LogP contribution in [0.5, 0.6) is 0 Å². The molecule has 0 N–H and O–H groups in total. The lowest BCUT2D eigenvalue weighted by Gasteiger charge is -2.54. The number of nitrogens with zero attached hydrogens (tertiary/aromatic N) is 4. The van der Waals surface area contributed by atoms with E-state index in [1.807, 2.05) is 0 Å². The molecule has 48 heavy (non-hydrogen) atoms. The molecular formula is C41H36N4O2S. The van der Waals surface area contributed by atoms with Crippen molar-refractivity contribution in [3.63, 3.8) is 0 Å². The van der Waals surface area contributed by atoms with Crippen LogP contribution in [-0.4, -0.2) is 50.0 Å². The summed E-state index contributed by atoms with van der Waals surface area (Å²) in [5, 5.41) is 10.0. The van der Waals surface area contributed by atoms with Gasteiger partial charge in [0, 0.05) is 71.5 Å². The first-order valence-electron chi connectivity index (χ1n) is 16.7. The fraction of sp³-hybridized carbons (Fsp3) is 0.244. The second kappa shape index (κ2) is 10.5. The topological polar surface area (TPSA) is 50.5 Å². The molecule has 2 aliphatic carbocycles. The fourth-order valence-corrected chi connectivity index (χ4v) is 9.36. The highest BCUT2D eigenvalue weighted by Crippen LogP contribution is 2.59. The van der Waals surface area contributed by atoms with Crippen LogP contribution in [0.4, 0.5) is 0 Å². The Labute approximate surface area is 283 Å². The number of aromatic nitrogens is 2. The molecule has 6 nitrogen and oxygen atoms in total. The number of hydrogen-bond donors (Lipinski definition) is 0. The van der Waals surface area contributed by atoms with E-state index < -0.39 is 11.8 Å². The third-order valence-corrected chi connectivity index (χ3v) is 12.1. The van der Waals surface area contributed by atoms with Gasteiger partial charge in [-0.2, -0.15) is 0 Å². The van der Waals surface area contributed by atoms with E-state index in [0.717, 1.165) is 23.5 Å². The molecule has 6 aromatic rings. The van der Waals surface area contributed by atoms with Crippen molar-refractivity contribution < 1.29 is 9.59 Å². The third-order valence-electron chi connectivity index (χ3n) is 11.6. The largest absolute Gasteiger partial charge is 0.344 e. The molecular weight excluding hydrogens is 613 g/mol. The zero-order valence-corrected chi connectivity index (χ0v) is 28.3. The molecule has 0 radical (unpaired) electrons. The van der Waals surface area contributed by atoms with Crippen LogP contribution >= 0.6 is 12.2 Å². The molecule has 3 heterocycles. The first kappa shape index (κ1) is 29.2. The number of hydrogen-bond acceptors (Lipinski definition) is 3. The lowest BCUT2D eigenvalue weighted by molar-refractivity contribution is -0.153. The predicted molar refractivity (Wildman–Crippen MR) is 198 cm³/mol. The summed E-state index contributed by atoms with van der Waals surface area (Å²) in [7, 11) is 7.65. The van der Waals surface area contributed by atoms with Gasteiger partial charge in [0.15, 0.2) is 5.11 Å². The Balaban J connectivity index is 1.20. The van der Waals surface area contributed by atoms with E-state index >= 15 is 0 Å². The number of aryl methyl sites for hydroxylation is 2. The molecule has 4 atom stereocenters. The summed E-state index contributed by atoms with van der Waals surface area (Å²) in [5.74, 6) is -1.13. The number of thiocarbonyl (C=S) groups is 1. The highest BCUT2D eigenvalue weighted by Gasteiger charge is 2.63. The number of fused-ring (bicyclic) bond motifs is 4. The third kappa shape index (κ3) is 3.88. The van der Waals surface area contributed by atoms with Gasteiger partial charge in [0.2, 0.25) is 11.8 Å². The molecule has 238 valence electrons. The second-order valence-electron chi connectivity index (χ2n) is 13.7. The van der Waals surface area contributed by atoms with Gasteiger partial charge in [0.25, 0.3) is 0 Å². The highest BCUT2D eigenvalue weighted by molar-refractivity contribution is 7.80. The van der Waals surface area contributed by atoms with Crippen LogP contribution in [0.2, 0.25) is 0 Å². The van der Waals surface area contributed by atoms with E-state index in [0.29, 0.717) is 0 Å². The minimum atomic E-state index is -0.439. The Morgan fingerprint density at radius 2 is 0.958 bits per heavy atom. The summed E-state index contributed by atoms with van der Waals surface area (Å²) in [6.45, 7) is 0. The van der Waals surface area contributed by atoms with Crippen molar-refractivity contribution in [3.8, 4) is 0 Å². The van der Waals surface area contributed by atoms with Gasteiger partial charge < -0.3 is 9.13 Å². The van der Waals surface area contributed by atoms with Gasteiger partial charge >= 0.3 is 0 Å². The normalized spacial score (nSPS) is 25.7. The van der Waals surface area contributed by atoms with Gasteiger partial charge in [-0.25, -0.2) is 0 Å². The zero-order chi connectivity index (χ0) is 33.0. The van der Waals surface area contributed by atoms with Crippen LogP contribution in [0.1, 0.15) is 12.8 Å². The molecule has 1 saturated heterocycles. The van der Waals surface area contributed by atoms with Crippen LogP contribution in [0.15, 0.2) is 96.1 Å². The fourth-order valence-electron chi connectivity index (χ4n) is 9.18. The Kier molecular flexibility index (Phi) is 6.37. The van der Waals surface area contributed by atoms with Gasteiger partial charge in [0.05, 0.1) is 11.8 Å². The van der Waals surface area contributed by atoms with Gasteiger partial charge in [-0.1, -0.05) is 84.0 Å². The van der Waals surface area contributed by atoms with Crippen molar-refractivity contribution in [2.45, 2.75) is 12.8 Å². The minimum Gasteiger partial charge on any atom is -0.344 e. The van der Waals surface area contributed by atoms with Gasteiger partial charge in [0.1, 0.15) is 0 Å². The van der Waals surface area contributed by atoms with Crippen LogP contribution < -0.4 is 10.7 Å². The van der Waals surface area contributed by atoms with E-state index in [2.05, 4.69) is 120 Å². The van der Waals surface area contributed by atoms with Crippen molar-refractivity contribution in [2.24, 2.45) is 37.8 Å². The summed E-state index contributed by atoms with van der Waals surface area (Å²) in [4.78, 5) is 31.1. The van der Waals surface area contributed by atoms with E-state index in [9.17, 15) is 9.59 Å². The van der Waals surface area contributed by atoms with E-state index in [-0.39, 0.29) is 28.8 Å². The monoisotopic (exact) mass is 648 g/mol. The van der Waals surface area contributed by atoms with E-state index in [1.165, 1.54) is 64.3 Å². The maximum atomic E-state index is 14.0. The maximum absolute atomic E-state index is 14.0. The summed E-state index contributed by atoms with van der Waals surface area (Å²) in [6.07, 6.45) is 10.6. The molecule has 0 bridgehead atoms. The summed E-state index contributed by atoms with van der Waals surface area (Å²) < 4.78 is 4.52. The molecule has 2 amide bonds. The SMILES string of the molecule is CN1C(=O)C2C(C(=O)N(C)C1=S)C1/C(=C\C=c3\c4cccc5cccc(c54)n3C)CC/C(=C/C=c3/c4cccc5cccc(c54)n3C)C21. The second-order valence-corrected chi connectivity index (χ2v) is 14.1. The van der Waals surface area contributed by atoms with Crippen molar-refractivity contribution in [2.75, 3.05) is 14.1 Å². The minimum absolute atomic E-state index is 0.0603. The van der Waals surface area contributed by atoms with Gasteiger partial charge in [-0.3, -0.25) is 19.4 Å². The predicted octanol–water partition coefficient (Wildman–Crippen LogP) is 6.02. The maximum Gasteiger partial charge on any atom is 0.233 e. The average molecular weight is 649 g/mol. The van der Waals surface area contributed by atoms with Crippen LogP contribution in [0, 0.1) is 23.7 Å². The highest BCUT2D eigenvalue weighted by atomic mass is 32.1. The smallest absolute Gasteiger partial charge is 0.233 e. The van der Waals surface area contributed by atoms with Crippen molar-refractivity contribution >= 4 is 84.6 Å². The number of carbonyl (C=O) groups excluding carboxylic acids is 2. The lowest BCUT2D eigenvalue weighted by atomic mass is 9.48. The number of amides is 2. The molecule has 0 spiro atoms. The number of allylic oxidation sites excluding steroid dienone is 4. The molecule has 2 aromatic heterocycles. The van der Waals surface area contributed by atoms with Crippen LogP contribution in [0.3, 0.4) is 0 Å². The Morgan fingerprint density at radius 1 is 0.562 bits per heavy atom. The van der Waals surface area contributed by atoms with Crippen LogP contribution in [-0.2, 0) is 23.7 Å². The lowest BCUT2D eigenvalue weighted by Crippen LogP contribution is -2.58. The molecule has 3 aliphatic rings. The Morgan fingerprint density at radius 3 is 1.38 bits per heavy atom. The molecule has 7 heteroatoms. The number of carbonyl (C=O) groups is 2. The molecule has 3 fully saturated rings. The van der Waals surface area contributed by atoms with Crippen molar-refractivity contribution in [1.29, 1.82) is 0 Å². The Hall–Kier alpha value is -5.01. The standard InChI is InChI=1S/C41H36N4O2S/c1-42-29(27-13-5-9-23-11-7-15-31(42)33(23)27)21-19-25-17-18-26(36-35(25)37-38(36)40(47)45(4)41(48)44(3)39(37)46)20-22-30-28-14-6-10-24-12-8-16-32(34(24)28)43(30)2/h5-16,19-22,35-38H,17-18H2,1-4H3/b25-19-,26-20-,29-21-,30-22-. The number of rotatable bonds is 2. The molecule has 1 aliphatic heterocycles. The quantitative estimate of drug-likeness (QED) is 0.216. The first-order valence-corrected chi connectivity index (χ1v) is 17.1. The van der Waals surface area contributed by atoms with Crippen molar-refractivity contribution in [1.82, 2.24) is 18.9 Å². The molecule has 4 unspecified atom stereocenters. The van der Waals surface area contributed by atoms with Crippen LogP contribution in [0.25, 0.3) is 55.5 Å². The summed E-state index contributed by atoms with van der Waals surface area (Å²) in [5.41, 5.74) is 4.87. The number of benzene rings is 4. The summed E-state index contributed by atoms with van der Waals surface area (Å²) >= 11 is 5.60. The van der Waals surface area contributed by atoms with E-state index in [1.54, 1.807) is 14.1 Å².